The fraction of sp³-hybridized carbons (Fsp3) is 0.529. The molecule has 1 amide bonds. The molecule has 1 N–H and O–H groups in total. The van der Waals surface area contributed by atoms with E-state index >= 15 is 0 Å². The maximum Gasteiger partial charge on any atom is 0.284 e. The van der Waals surface area contributed by atoms with Crippen LogP contribution < -0.4 is 5.43 Å². The maximum atomic E-state index is 12.3. The number of amides is 1. The van der Waals surface area contributed by atoms with Gasteiger partial charge in [0.25, 0.3) is 11.6 Å². The Kier molecular flexibility index (Phi) is 4.02. The number of hydrogen-bond donors (Lipinski definition) is 1. The Balaban J connectivity index is 1.80. The number of nitro groups is 1. The van der Waals surface area contributed by atoms with E-state index in [4.69, 9.17) is 0 Å². The highest BCUT2D eigenvalue weighted by Crippen LogP contribution is 2.63. The molecule has 2 bridgehead atoms. The van der Waals surface area contributed by atoms with E-state index in [0.717, 1.165) is 18.6 Å². The first-order valence-corrected chi connectivity index (χ1v) is 8.77. The summed E-state index contributed by atoms with van der Waals surface area (Å²) in [6, 6.07) is 4.30. The third-order valence-corrected chi connectivity index (χ3v) is 6.88. The number of carbonyl (C=O) groups is 1. The molecule has 2 atom stereocenters. The maximum absolute atomic E-state index is 12.3. The highest BCUT2D eigenvalue weighted by molar-refractivity contribution is 9.10. The molecule has 3 rings (SSSR count). The Morgan fingerprint density at radius 1 is 1.42 bits per heavy atom. The van der Waals surface area contributed by atoms with Gasteiger partial charge >= 0.3 is 0 Å². The van der Waals surface area contributed by atoms with Gasteiger partial charge in [0.15, 0.2) is 0 Å². The van der Waals surface area contributed by atoms with E-state index < -0.39 is 10.8 Å². The molecule has 0 aliphatic heterocycles. The van der Waals surface area contributed by atoms with Crippen molar-refractivity contribution in [2.45, 2.75) is 40.0 Å². The SMILES string of the molecule is CC1(C)[C@H]2CC[C@]1(C)/C(=N/NC(=O)c1ccc(Br)c([N+](=O)[O-])c1)C2. The van der Waals surface area contributed by atoms with Crippen molar-refractivity contribution in [2.75, 3.05) is 0 Å². The molecular formula is C17H20BrN3O3. The molecule has 2 aliphatic rings. The van der Waals surface area contributed by atoms with Gasteiger partial charge in [-0.05, 0) is 58.7 Å². The zero-order chi connectivity index (χ0) is 17.7. The molecule has 0 aromatic heterocycles. The van der Waals surface area contributed by atoms with Gasteiger partial charge < -0.3 is 0 Å². The van der Waals surface area contributed by atoms with Gasteiger partial charge in [-0.15, -0.1) is 0 Å². The molecule has 128 valence electrons. The van der Waals surface area contributed by atoms with Crippen molar-refractivity contribution < 1.29 is 9.72 Å². The summed E-state index contributed by atoms with van der Waals surface area (Å²) in [7, 11) is 0. The summed E-state index contributed by atoms with van der Waals surface area (Å²) in [6.07, 6.45) is 3.20. The monoisotopic (exact) mass is 393 g/mol. The summed E-state index contributed by atoms with van der Waals surface area (Å²) in [5.41, 5.74) is 3.90. The van der Waals surface area contributed by atoms with Crippen LogP contribution in [0.2, 0.25) is 0 Å². The molecule has 6 nitrogen and oxygen atoms in total. The predicted octanol–water partition coefficient (Wildman–Crippen LogP) is 4.29. The Labute approximate surface area is 149 Å². The van der Waals surface area contributed by atoms with Gasteiger partial charge in [-0.2, -0.15) is 5.10 Å². The Hall–Kier alpha value is -1.76. The fourth-order valence-electron chi connectivity index (χ4n) is 4.07. The van der Waals surface area contributed by atoms with Gasteiger partial charge in [0.1, 0.15) is 0 Å². The third kappa shape index (κ3) is 2.46. The van der Waals surface area contributed by atoms with E-state index in [9.17, 15) is 14.9 Å². The van der Waals surface area contributed by atoms with Gasteiger partial charge in [-0.3, -0.25) is 14.9 Å². The fourth-order valence-corrected chi connectivity index (χ4v) is 4.47. The van der Waals surface area contributed by atoms with Crippen LogP contribution in [0.5, 0.6) is 0 Å². The predicted molar refractivity (Wildman–Crippen MR) is 94.9 cm³/mol. The molecule has 0 spiro atoms. The van der Waals surface area contributed by atoms with Gasteiger partial charge in [-0.25, -0.2) is 5.43 Å². The second-order valence-electron chi connectivity index (χ2n) is 7.42. The van der Waals surface area contributed by atoms with Crippen molar-refractivity contribution in [3.8, 4) is 0 Å². The summed E-state index contributed by atoms with van der Waals surface area (Å²) in [6.45, 7) is 6.76. The summed E-state index contributed by atoms with van der Waals surface area (Å²) in [5.74, 6) is 0.175. The molecule has 24 heavy (non-hydrogen) atoms. The van der Waals surface area contributed by atoms with Gasteiger partial charge in [0, 0.05) is 22.8 Å². The van der Waals surface area contributed by atoms with E-state index in [0.29, 0.717) is 10.4 Å². The molecule has 2 fully saturated rings. The summed E-state index contributed by atoms with van der Waals surface area (Å²) >= 11 is 3.11. The minimum Gasteiger partial charge on any atom is -0.267 e. The van der Waals surface area contributed by atoms with E-state index in [1.54, 1.807) is 6.07 Å². The number of benzene rings is 1. The van der Waals surface area contributed by atoms with Crippen LogP contribution in [0.3, 0.4) is 0 Å². The number of nitro benzene ring substituents is 1. The lowest BCUT2D eigenvalue weighted by Gasteiger charge is -2.34. The Morgan fingerprint density at radius 2 is 2.12 bits per heavy atom. The zero-order valence-electron chi connectivity index (χ0n) is 13.9. The molecule has 0 saturated heterocycles. The van der Waals surface area contributed by atoms with Gasteiger partial charge in [0.2, 0.25) is 0 Å². The highest BCUT2D eigenvalue weighted by atomic mass is 79.9. The van der Waals surface area contributed by atoms with E-state index in [1.807, 2.05) is 0 Å². The van der Waals surface area contributed by atoms with Crippen LogP contribution in [0.1, 0.15) is 50.4 Å². The molecule has 2 aliphatic carbocycles. The van der Waals surface area contributed by atoms with E-state index in [1.165, 1.54) is 18.6 Å². The highest BCUT2D eigenvalue weighted by Gasteiger charge is 2.60. The third-order valence-electron chi connectivity index (χ3n) is 6.21. The smallest absolute Gasteiger partial charge is 0.267 e. The van der Waals surface area contributed by atoms with Crippen molar-refractivity contribution >= 4 is 33.2 Å². The van der Waals surface area contributed by atoms with Crippen molar-refractivity contribution in [3.05, 3.63) is 38.3 Å². The molecule has 2 saturated carbocycles. The number of hydrazone groups is 1. The number of nitrogens with zero attached hydrogens (tertiary/aromatic N) is 2. The number of halogens is 1. The first-order chi connectivity index (χ1) is 11.2. The van der Waals surface area contributed by atoms with Crippen molar-refractivity contribution in [3.63, 3.8) is 0 Å². The average Bonchev–Trinajstić information content (AvgIpc) is 2.85. The minimum atomic E-state index is -0.522. The van der Waals surface area contributed by atoms with E-state index in [2.05, 4.69) is 47.2 Å². The molecule has 1 aromatic carbocycles. The molecule has 0 unspecified atom stereocenters. The molecule has 7 heteroatoms. The van der Waals surface area contributed by atoms with Crippen LogP contribution in [0, 0.1) is 26.9 Å². The minimum absolute atomic E-state index is 0.0106. The van der Waals surface area contributed by atoms with Crippen molar-refractivity contribution in [1.29, 1.82) is 0 Å². The largest absolute Gasteiger partial charge is 0.284 e. The van der Waals surface area contributed by atoms with Crippen LogP contribution in [-0.2, 0) is 0 Å². The molecule has 0 heterocycles. The van der Waals surface area contributed by atoms with Gasteiger partial charge in [0.05, 0.1) is 9.40 Å². The number of fused-ring (bicyclic) bond motifs is 2. The second kappa shape index (κ2) is 5.65. The van der Waals surface area contributed by atoms with Crippen LogP contribution in [-0.4, -0.2) is 16.5 Å². The number of nitrogens with one attached hydrogen (secondary N) is 1. The van der Waals surface area contributed by atoms with Crippen LogP contribution in [0.25, 0.3) is 0 Å². The lowest BCUT2D eigenvalue weighted by atomic mass is 9.70. The number of rotatable bonds is 3. The Morgan fingerprint density at radius 3 is 2.67 bits per heavy atom. The second-order valence-corrected chi connectivity index (χ2v) is 8.27. The number of hydrogen-bond acceptors (Lipinski definition) is 4. The van der Waals surface area contributed by atoms with E-state index in [-0.39, 0.29) is 22.1 Å². The first-order valence-electron chi connectivity index (χ1n) is 7.98. The normalized spacial score (nSPS) is 29.0. The Bertz CT molecular complexity index is 759. The summed E-state index contributed by atoms with van der Waals surface area (Å²) in [4.78, 5) is 22.8. The quantitative estimate of drug-likeness (QED) is 0.613. The average molecular weight is 394 g/mol. The molecule has 0 radical (unpaired) electrons. The van der Waals surface area contributed by atoms with Crippen molar-refractivity contribution in [1.82, 2.24) is 5.43 Å². The topological polar surface area (TPSA) is 84.6 Å². The van der Waals surface area contributed by atoms with Crippen LogP contribution >= 0.6 is 15.9 Å². The van der Waals surface area contributed by atoms with Crippen LogP contribution in [0.4, 0.5) is 5.69 Å². The van der Waals surface area contributed by atoms with Crippen LogP contribution in [0.15, 0.2) is 27.8 Å². The zero-order valence-corrected chi connectivity index (χ0v) is 15.5. The number of carbonyl (C=O) groups excluding carboxylic acids is 1. The first kappa shape index (κ1) is 17.1. The van der Waals surface area contributed by atoms with Gasteiger partial charge in [-0.1, -0.05) is 20.8 Å². The molecular weight excluding hydrogens is 374 g/mol. The van der Waals surface area contributed by atoms with Crippen molar-refractivity contribution in [2.24, 2.45) is 21.8 Å². The lowest BCUT2D eigenvalue weighted by Crippen LogP contribution is -2.34. The summed E-state index contributed by atoms with van der Waals surface area (Å²) < 4.78 is 0.345. The molecule has 1 aromatic rings. The standard InChI is InChI=1S/C17H20BrN3O3/c1-16(2)11-6-7-17(16,3)14(9-11)19-20-15(22)10-4-5-12(18)13(8-10)21(23)24/h4-5,8,11H,6-7,9H2,1-3H3,(H,20,22)/b19-14+/t11-,17+/m0/s1. The lowest BCUT2D eigenvalue weighted by molar-refractivity contribution is -0.385. The summed E-state index contributed by atoms with van der Waals surface area (Å²) in [5, 5.41) is 15.4.